The predicted octanol–water partition coefficient (Wildman–Crippen LogP) is -2.01. The van der Waals surface area contributed by atoms with Gasteiger partial charge in [0.1, 0.15) is 30.5 Å². The number of hydrogen-bond acceptors (Lipinski definition) is 7. The highest BCUT2D eigenvalue weighted by molar-refractivity contribution is 5.02. The molecule has 17 heavy (non-hydrogen) atoms. The quantitative estimate of drug-likeness (QED) is 0.473. The molecule has 2 heterocycles. The van der Waals surface area contributed by atoms with Crippen LogP contribution in [0.15, 0.2) is 18.5 Å². The van der Waals surface area contributed by atoms with Crippen molar-refractivity contribution in [2.24, 2.45) is 0 Å². The van der Waals surface area contributed by atoms with Crippen molar-refractivity contribution in [3.63, 3.8) is 0 Å². The Labute approximate surface area is 97.3 Å². The molecule has 94 valence electrons. The van der Waals surface area contributed by atoms with Crippen LogP contribution >= 0.6 is 0 Å². The van der Waals surface area contributed by atoms with Crippen molar-refractivity contribution >= 4 is 0 Å². The summed E-state index contributed by atoms with van der Waals surface area (Å²) < 4.78 is 5.28. The zero-order valence-corrected chi connectivity index (χ0v) is 8.92. The van der Waals surface area contributed by atoms with E-state index < -0.39 is 37.1 Å². The van der Waals surface area contributed by atoms with Crippen LogP contribution in [0.4, 0.5) is 0 Å². The Morgan fingerprint density at radius 1 is 1.06 bits per heavy atom. The van der Waals surface area contributed by atoms with Crippen LogP contribution in [-0.4, -0.2) is 61.4 Å². The molecule has 1 aliphatic heterocycles. The summed E-state index contributed by atoms with van der Waals surface area (Å²) in [5.74, 6) is 0.199. The molecular weight excluding hydrogens is 228 g/mol. The van der Waals surface area contributed by atoms with E-state index in [0.29, 0.717) is 0 Å². The molecule has 0 radical (unpaired) electrons. The molecule has 1 fully saturated rings. The fraction of sp³-hybridized carbons (Fsp3) is 0.600. The van der Waals surface area contributed by atoms with Crippen LogP contribution in [-0.2, 0) is 4.74 Å². The highest BCUT2D eigenvalue weighted by atomic mass is 16.5. The number of aliphatic hydroxyl groups excluding tert-OH is 4. The molecule has 1 aliphatic rings. The average Bonchev–Trinajstić information content (AvgIpc) is 2.37. The first-order valence-electron chi connectivity index (χ1n) is 5.22. The summed E-state index contributed by atoms with van der Waals surface area (Å²) in [6.07, 6.45) is -3.07. The van der Waals surface area contributed by atoms with Crippen molar-refractivity contribution in [1.29, 1.82) is 0 Å². The van der Waals surface area contributed by atoms with Gasteiger partial charge in [-0.15, -0.1) is 0 Å². The Morgan fingerprint density at radius 3 is 2.29 bits per heavy atom. The highest BCUT2D eigenvalue weighted by Gasteiger charge is 2.44. The molecule has 1 aromatic heterocycles. The van der Waals surface area contributed by atoms with E-state index in [-0.39, 0.29) is 5.82 Å². The van der Waals surface area contributed by atoms with Gasteiger partial charge in [-0.3, -0.25) is 0 Å². The number of aliphatic hydroxyl groups is 4. The van der Waals surface area contributed by atoms with Gasteiger partial charge >= 0.3 is 0 Å². The maximum Gasteiger partial charge on any atom is 0.159 e. The smallest absolute Gasteiger partial charge is 0.159 e. The molecular formula is C10H14N2O5. The van der Waals surface area contributed by atoms with Gasteiger partial charge in [-0.25, -0.2) is 9.97 Å². The minimum Gasteiger partial charge on any atom is -0.394 e. The van der Waals surface area contributed by atoms with Crippen LogP contribution in [0.3, 0.4) is 0 Å². The molecule has 0 aromatic carbocycles. The van der Waals surface area contributed by atoms with E-state index in [0.717, 1.165) is 0 Å². The number of rotatable bonds is 2. The van der Waals surface area contributed by atoms with Crippen LogP contribution in [0, 0.1) is 0 Å². The lowest BCUT2D eigenvalue weighted by Gasteiger charge is -2.39. The lowest BCUT2D eigenvalue weighted by Crippen LogP contribution is -2.55. The first kappa shape index (κ1) is 12.3. The van der Waals surface area contributed by atoms with E-state index in [2.05, 4.69) is 9.97 Å². The van der Waals surface area contributed by atoms with E-state index >= 15 is 0 Å². The van der Waals surface area contributed by atoms with E-state index in [1.165, 1.54) is 12.4 Å². The standard InChI is InChI=1S/C10H14N2O5/c13-4-5-6(14)7(15)8(16)9(17-5)10-11-2-1-3-12-10/h1-3,5-9,13-16H,4H2/t5-,6-,7+,8-,9-/m1/s1. The molecule has 2 rings (SSSR count). The van der Waals surface area contributed by atoms with Gasteiger partial charge in [-0.05, 0) is 6.07 Å². The lowest BCUT2D eigenvalue weighted by atomic mass is 9.95. The van der Waals surface area contributed by atoms with Gasteiger partial charge < -0.3 is 25.2 Å². The second-order valence-electron chi connectivity index (χ2n) is 3.86. The molecule has 7 heteroatoms. The van der Waals surface area contributed by atoms with E-state index in [1.54, 1.807) is 6.07 Å². The normalized spacial score (nSPS) is 38.0. The summed E-state index contributed by atoms with van der Waals surface area (Å²) in [6, 6.07) is 1.60. The van der Waals surface area contributed by atoms with Gasteiger partial charge in [0.15, 0.2) is 5.82 Å². The van der Waals surface area contributed by atoms with Crippen LogP contribution in [0.2, 0.25) is 0 Å². The topological polar surface area (TPSA) is 116 Å². The SMILES string of the molecule is OC[C@H]1O[C@@H](c2ncccn2)[C@H](O)[C@@H](O)[C@@H]1O. The fourth-order valence-corrected chi connectivity index (χ4v) is 1.77. The number of ether oxygens (including phenoxy) is 1. The molecule has 5 atom stereocenters. The first-order chi connectivity index (χ1) is 8.15. The molecule has 0 spiro atoms. The number of hydrogen-bond donors (Lipinski definition) is 4. The molecule has 0 unspecified atom stereocenters. The van der Waals surface area contributed by atoms with Gasteiger partial charge in [-0.1, -0.05) is 0 Å². The largest absolute Gasteiger partial charge is 0.394 e. The summed E-state index contributed by atoms with van der Waals surface area (Å²) in [5.41, 5.74) is 0. The molecule has 1 aromatic rings. The molecule has 7 nitrogen and oxygen atoms in total. The zero-order chi connectivity index (χ0) is 12.4. The summed E-state index contributed by atoms with van der Waals surface area (Å²) in [5, 5.41) is 38.0. The predicted molar refractivity (Wildman–Crippen MR) is 54.8 cm³/mol. The number of nitrogens with zero attached hydrogens (tertiary/aromatic N) is 2. The lowest BCUT2D eigenvalue weighted by molar-refractivity contribution is -0.233. The molecule has 1 saturated heterocycles. The van der Waals surface area contributed by atoms with Crippen LogP contribution in [0.25, 0.3) is 0 Å². The Bertz CT molecular complexity index is 361. The summed E-state index contributed by atoms with van der Waals surface area (Å²) in [7, 11) is 0. The monoisotopic (exact) mass is 242 g/mol. The van der Waals surface area contributed by atoms with Crippen LogP contribution < -0.4 is 0 Å². The average molecular weight is 242 g/mol. The van der Waals surface area contributed by atoms with Crippen molar-refractivity contribution in [2.75, 3.05) is 6.61 Å². The van der Waals surface area contributed by atoms with Gasteiger partial charge in [0.2, 0.25) is 0 Å². The second kappa shape index (κ2) is 5.03. The summed E-state index contributed by atoms with van der Waals surface area (Å²) in [4.78, 5) is 7.82. The van der Waals surface area contributed by atoms with Gasteiger partial charge in [0.25, 0.3) is 0 Å². The maximum absolute atomic E-state index is 9.78. The molecule has 0 saturated carbocycles. The second-order valence-corrected chi connectivity index (χ2v) is 3.86. The van der Waals surface area contributed by atoms with Crippen molar-refractivity contribution in [3.8, 4) is 0 Å². The summed E-state index contributed by atoms with van der Waals surface area (Å²) in [6.45, 7) is -0.464. The third kappa shape index (κ3) is 2.28. The molecule has 0 bridgehead atoms. The fourth-order valence-electron chi connectivity index (χ4n) is 1.77. The third-order valence-corrected chi connectivity index (χ3v) is 2.73. The van der Waals surface area contributed by atoms with Gasteiger partial charge in [0.05, 0.1) is 6.61 Å². The van der Waals surface area contributed by atoms with Crippen molar-refractivity contribution in [1.82, 2.24) is 9.97 Å². The Morgan fingerprint density at radius 2 is 1.71 bits per heavy atom. The van der Waals surface area contributed by atoms with E-state index in [4.69, 9.17) is 9.84 Å². The Kier molecular flexibility index (Phi) is 3.65. The highest BCUT2D eigenvalue weighted by Crippen LogP contribution is 2.30. The Balaban J connectivity index is 2.23. The van der Waals surface area contributed by atoms with E-state index in [1.807, 2.05) is 0 Å². The van der Waals surface area contributed by atoms with Gasteiger partial charge in [0, 0.05) is 12.4 Å². The minimum atomic E-state index is -1.41. The van der Waals surface area contributed by atoms with Gasteiger partial charge in [-0.2, -0.15) is 0 Å². The van der Waals surface area contributed by atoms with E-state index in [9.17, 15) is 15.3 Å². The Hall–Kier alpha value is -1.12. The molecule has 0 amide bonds. The molecule has 4 N–H and O–H groups in total. The first-order valence-corrected chi connectivity index (χ1v) is 5.22. The summed E-state index contributed by atoms with van der Waals surface area (Å²) >= 11 is 0. The van der Waals surface area contributed by atoms with Crippen molar-refractivity contribution < 1.29 is 25.2 Å². The molecule has 0 aliphatic carbocycles. The minimum absolute atomic E-state index is 0.199. The third-order valence-electron chi connectivity index (χ3n) is 2.73. The van der Waals surface area contributed by atoms with Crippen molar-refractivity contribution in [2.45, 2.75) is 30.5 Å². The van der Waals surface area contributed by atoms with Crippen LogP contribution in [0.1, 0.15) is 11.9 Å². The number of aromatic nitrogens is 2. The zero-order valence-electron chi connectivity index (χ0n) is 8.92. The van der Waals surface area contributed by atoms with Crippen LogP contribution in [0.5, 0.6) is 0 Å². The van der Waals surface area contributed by atoms with Crippen molar-refractivity contribution in [3.05, 3.63) is 24.3 Å². The maximum atomic E-state index is 9.78.